The molecule has 0 fully saturated rings. The Morgan fingerprint density at radius 3 is 0.346 bits per heavy atom. The molecule has 0 heterocycles. The minimum atomic E-state index is 0. The Kier molecular flexibility index (Phi) is 41.7. The average Bonchev–Trinajstić information content (AvgIpc) is 4.10. The van der Waals surface area contributed by atoms with E-state index in [1.807, 2.05) is 55.4 Å². The molecular weight excluding hydrogens is 937 g/mol. The van der Waals surface area contributed by atoms with Crippen molar-refractivity contribution in [1.29, 1.82) is 0 Å². The van der Waals surface area contributed by atoms with E-state index in [4.69, 9.17) is 0 Å². The fraction of sp³-hybridized carbons (Fsp3) is 0.385. The van der Waals surface area contributed by atoms with Gasteiger partial charge in [0.15, 0.2) is 0 Å². The summed E-state index contributed by atoms with van der Waals surface area (Å²) in [6, 6.07) is 54.1. The minimum absolute atomic E-state index is 0. The molecule has 0 heteroatoms. The number of rotatable bonds is 0. The molecule has 78 heavy (non-hydrogen) atoms. The van der Waals surface area contributed by atoms with E-state index < -0.39 is 0 Å². The van der Waals surface area contributed by atoms with Crippen LogP contribution in [0.4, 0.5) is 0 Å². The highest BCUT2D eigenvalue weighted by molar-refractivity contribution is 5.80. The summed E-state index contributed by atoms with van der Waals surface area (Å²) in [5.74, 6) is 0. The molecular formula is C78H120. The van der Waals surface area contributed by atoms with Gasteiger partial charge in [-0.1, -0.05) is 320 Å². The predicted octanol–water partition coefficient (Wildman–Crippen LogP) is 26.0. The van der Waals surface area contributed by atoms with Crippen LogP contribution in [-0.4, -0.2) is 0 Å². The maximum absolute atomic E-state index is 2.31. The lowest BCUT2D eigenvalue weighted by Crippen LogP contribution is -1.81. The summed E-state index contributed by atoms with van der Waals surface area (Å²) < 4.78 is 0. The molecule has 8 aromatic rings. The Bertz CT molecular complexity index is 2350. The second-order valence-electron chi connectivity index (χ2n) is 18.0. The van der Waals surface area contributed by atoms with Gasteiger partial charge in [-0.15, -0.1) is 0 Å². The van der Waals surface area contributed by atoms with Crippen molar-refractivity contribution in [3.63, 3.8) is 0 Å². The molecule has 0 unspecified atom stereocenters. The van der Waals surface area contributed by atoms with Gasteiger partial charge >= 0.3 is 0 Å². The van der Waals surface area contributed by atoms with Crippen LogP contribution in [0.15, 0.2) is 146 Å². The van der Waals surface area contributed by atoms with Crippen molar-refractivity contribution in [3.05, 3.63) is 235 Å². The summed E-state index contributed by atoms with van der Waals surface area (Å²) in [5, 5.41) is 0. The molecule has 0 radical (unpaired) electrons. The zero-order valence-corrected chi connectivity index (χ0v) is 44.7. The van der Waals surface area contributed by atoms with Gasteiger partial charge in [0.25, 0.3) is 0 Å². The third-order valence-electron chi connectivity index (χ3n) is 12.8. The van der Waals surface area contributed by atoms with Crippen LogP contribution in [0.3, 0.4) is 0 Å². The van der Waals surface area contributed by atoms with Crippen LogP contribution in [0.1, 0.15) is 219 Å². The molecule has 0 aliphatic heterocycles. The van der Waals surface area contributed by atoms with Gasteiger partial charge in [0, 0.05) is 0 Å². The molecule has 0 nitrogen and oxygen atoms in total. The van der Waals surface area contributed by atoms with Gasteiger partial charge in [-0.2, -0.15) is 0 Å². The Morgan fingerprint density at radius 1 is 0.167 bits per heavy atom. The molecule has 0 amide bonds. The fourth-order valence-corrected chi connectivity index (χ4v) is 9.87. The maximum Gasteiger partial charge on any atom is -0.00133 e. The number of benzene rings is 8. The lowest BCUT2D eigenvalue weighted by atomic mass is 10.0. The molecule has 4 aliphatic rings. The highest BCUT2D eigenvalue weighted by Gasteiger charge is 2.21. The summed E-state index contributed by atoms with van der Waals surface area (Å²) in [4.78, 5) is 0. The van der Waals surface area contributed by atoms with E-state index in [0.29, 0.717) is 0 Å². The molecule has 4 aliphatic carbocycles. The molecule has 0 N–H and O–H groups in total. The Labute approximate surface area is 487 Å². The number of aryl methyl sites for hydroxylation is 8. The Morgan fingerprint density at radius 2 is 0.256 bits per heavy atom. The first-order chi connectivity index (χ1) is 32.9. The number of fused-ring (bicyclic) bond motifs is 12. The molecule has 0 saturated heterocycles. The van der Waals surface area contributed by atoms with Gasteiger partial charge < -0.3 is 0 Å². The molecule has 0 spiro atoms. The first kappa shape index (κ1) is 83.1. The highest BCUT2D eigenvalue weighted by atomic mass is 14.2. The summed E-state index contributed by atoms with van der Waals surface area (Å²) in [7, 11) is 0. The first-order valence-electron chi connectivity index (χ1n) is 25.7. The SMILES string of the molecule is C.C.C.C.C.C.C.C.C.C.CC.CC.CC.CC.Cc1ccc2c(c1)Cc1cc(C)ccc1-2.Cc1ccc2c(c1)Cc1cc(C)ccc1-2.Cc1ccc2c(c1)Cc1cc(C)ccc1-2.Cc1ccc2c(c1)Cc1cc(C)ccc1-2. The molecule has 0 aromatic heterocycles. The zero-order chi connectivity index (χ0) is 49.7. The lowest BCUT2D eigenvalue weighted by molar-refractivity contribution is 1.24. The number of hydrogen-bond acceptors (Lipinski definition) is 0. The monoisotopic (exact) mass is 1060 g/mol. The van der Waals surface area contributed by atoms with E-state index >= 15 is 0 Å². The first-order valence-corrected chi connectivity index (χ1v) is 25.7. The van der Waals surface area contributed by atoms with Crippen molar-refractivity contribution in [2.24, 2.45) is 0 Å². The molecule has 0 atom stereocenters. The van der Waals surface area contributed by atoms with Crippen LogP contribution in [0, 0.1) is 55.4 Å². The van der Waals surface area contributed by atoms with E-state index in [2.05, 4.69) is 201 Å². The maximum atomic E-state index is 2.31. The van der Waals surface area contributed by atoms with E-state index in [1.54, 1.807) is 0 Å². The van der Waals surface area contributed by atoms with Crippen LogP contribution >= 0.6 is 0 Å². The van der Waals surface area contributed by atoms with Crippen molar-refractivity contribution in [1.82, 2.24) is 0 Å². The molecule has 0 saturated carbocycles. The fourth-order valence-electron chi connectivity index (χ4n) is 9.87. The van der Waals surface area contributed by atoms with Gasteiger partial charge in [-0.25, -0.2) is 0 Å². The smallest absolute Gasteiger partial charge is 0.00133 e. The molecule has 432 valence electrons. The second-order valence-corrected chi connectivity index (χ2v) is 18.0. The third-order valence-corrected chi connectivity index (χ3v) is 12.8. The quantitative estimate of drug-likeness (QED) is 0.142. The van der Waals surface area contributed by atoms with Gasteiger partial charge in [0.05, 0.1) is 0 Å². The van der Waals surface area contributed by atoms with E-state index in [1.165, 1.54) is 134 Å². The van der Waals surface area contributed by atoms with Crippen molar-refractivity contribution < 1.29 is 0 Å². The molecule has 8 aromatic carbocycles. The van der Waals surface area contributed by atoms with E-state index in [9.17, 15) is 0 Å². The molecule has 12 rings (SSSR count). The van der Waals surface area contributed by atoms with Crippen molar-refractivity contribution in [3.8, 4) is 44.5 Å². The van der Waals surface area contributed by atoms with Crippen LogP contribution in [-0.2, 0) is 25.7 Å². The van der Waals surface area contributed by atoms with Crippen LogP contribution in [0.5, 0.6) is 0 Å². The average molecular weight is 1060 g/mol. The van der Waals surface area contributed by atoms with Crippen molar-refractivity contribution in [2.75, 3.05) is 0 Å². The largest absolute Gasteiger partial charge is 0.0776 e. The summed E-state index contributed by atoms with van der Waals surface area (Å²) in [5.41, 5.74) is 34.1. The third kappa shape index (κ3) is 19.6. The predicted molar refractivity (Wildman–Crippen MR) is 369 cm³/mol. The standard InChI is InChI=1S/4C15H14.4C2H6.10CH4/c4*1-10-3-5-14-12(7-10)9-13-8-11(2)4-6-15(13)14;4*1-2;;;;;;;;;;/h4*3-8H,9H2,1-2H3;4*1-2H3;10*1H4. The van der Waals surface area contributed by atoms with Gasteiger partial charge in [0.2, 0.25) is 0 Å². The van der Waals surface area contributed by atoms with Crippen molar-refractivity contribution in [2.45, 2.75) is 211 Å². The normalized spacial score (nSPS) is 9.85. The van der Waals surface area contributed by atoms with Crippen molar-refractivity contribution >= 4 is 0 Å². The second kappa shape index (κ2) is 39.2. The van der Waals surface area contributed by atoms with Crippen LogP contribution in [0.25, 0.3) is 44.5 Å². The topological polar surface area (TPSA) is 0 Å². The van der Waals surface area contributed by atoms with Gasteiger partial charge in [0.1, 0.15) is 0 Å². The molecule has 0 bridgehead atoms. The van der Waals surface area contributed by atoms with Gasteiger partial charge in [-0.3, -0.25) is 0 Å². The van der Waals surface area contributed by atoms with Crippen LogP contribution in [0.2, 0.25) is 0 Å². The summed E-state index contributed by atoms with van der Waals surface area (Å²) in [6.07, 6.45) is 4.42. The van der Waals surface area contributed by atoms with Gasteiger partial charge in [-0.05, 0) is 170 Å². The number of hydrogen-bond donors (Lipinski definition) is 0. The summed E-state index contributed by atoms with van der Waals surface area (Å²) >= 11 is 0. The Balaban J connectivity index is -0.000000204. The van der Waals surface area contributed by atoms with E-state index in [-0.39, 0.29) is 74.3 Å². The van der Waals surface area contributed by atoms with E-state index in [0.717, 1.165) is 25.7 Å². The minimum Gasteiger partial charge on any atom is -0.0776 e. The summed E-state index contributed by atoms with van der Waals surface area (Å²) in [6.45, 7) is 33.3. The Hall–Kier alpha value is -6.24. The zero-order valence-electron chi connectivity index (χ0n) is 44.7. The lowest BCUT2D eigenvalue weighted by Gasteiger charge is -2.01. The van der Waals surface area contributed by atoms with Crippen LogP contribution < -0.4 is 0 Å². The highest BCUT2D eigenvalue weighted by Crippen LogP contribution is 2.40.